The molecule has 0 radical (unpaired) electrons. The monoisotopic (exact) mass is 284 g/mol. The molecule has 0 heterocycles. The second-order valence-electron chi connectivity index (χ2n) is 2.75. The molecule has 0 saturated carbocycles. The third-order valence-electron chi connectivity index (χ3n) is 1.42. The van der Waals surface area contributed by atoms with Crippen molar-refractivity contribution < 1.29 is 9.59 Å². The highest BCUT2D eigenvalue weighted by molar-refractivity contribution is 14.1. The minimum absolute atomic E-state index is 0.0498. The molecule has 0 aliphatic rings. The maximum atomic E-state index is 11.0. The molecule has 0 rings (SSSR count). The maximum absolute atomic E-state index is 11.0. The number of urea groups is 1. The molecule has 0 aromatic carbocycles. The Morgan fingerprint density at radius 2 is 1.83 bits per heavy atom. The molecule has 0 bridgehead atoms. The first-order chi connectivity index (χ1) is 5.49. The predicted octanol–water partition coefficient (Wildman–Crippen LogP) is 0.902. The first kappa shape index (κ1) is 11.7. The summed E-state index contributed by atoms with van der Waals surface area (Å²) in [5.74, 6) is 0.117. The summed E-state index contributed by atoms with van der Waals surface area (Å²) in [4.78, 5) is 21.8. The number of hydrogen-bond donors (Lipinski definition) is 2. The van der Waals surface area contributed by atoms with Gasteiger partial charge in [0.1, 0.15) is 6.04 Å². The number of hydrogen-bond acceptors (Lipinski definition) is 2. The lowest BCUT2D eigenvalue weighted by molar-refractivity contribution is -0.111. The van der Waals surface area contributed by atoms with E-state index in [4.69, 9.17) is 0 Å². The van der Waals surface area contributed by atoms with Crippen molar-refractivity contribution in [2.45, 2.75) is 19.9 Å². The van der Waals surface area contributed by atoms with E-state index in [9.17, 15) is 9.59 Å². The van der Waals surface area contributed by atoms with Crippen LogP contribution in [0.15, 0.2) is 0 Å². The van der Waals surface area contributed by atoms with Crippen LogP contribution >= 0.6 is 22.6 Å². The van der Waals surface area contributed by atoms with Crippen LogP contribution in [0.5, 0.6) is 0 Å². The van der Waals surface area contributed by atoms with Gasteiger partial charge >= 0.3 is 6.03 Å². The van der Waals surface area contributed by atoms with Crippen LogP contribution in [0.3, 0.4) is 0 Å². The van der Waals surface area contributed by atoms with Crippen LogP contribution in [0, 0.1) is 5.92 Å². The van der Waals surface area contributed by atoms with Gasteiger partial charge in [-0.25, -0.2) is 4.79 Å². The van der Waals surface area contributed by atoms with E-state index in [0.717, 1.165) is 0 Å². The molecule has 70 valence electrons. The van der Waals surface area contributed by atoms with Crippen molar-refractivity contribution in [2.24, 2.45) is 5.92 Å². The average Bonchev–Trinajstić information content (AvgIpc) is 1.98. The summed E-state index contributed by atoms with van der Waals surface area (Å²) < 4.78 is -0.0498. The smallest absolute Gasteiger partial charge is 0.315 e. The number of nitrogens with one attached hydrogen (secondary N) is 2. The summed E-state index contributed by atoms with van der Waals surface area (Å²) in [5.41, 5.74) is 0. The zero-order valence-corrected chi connectivity index (χ0v) is 9.51. The van der Waals surface area contributed by atoms with Gasteiger partial charge in [0, 0.05) is 29.6 Å². The van der Waals surface area contributed by atoms with Crippen molar-refractivity contribution in [3.05, 3.63) is 0 Å². The van der Waals surface area contributed by atoms with Crippen LogP contribution in [-0.2, 0) is 4.79 Å². The SMILES string of the molecule is CNC(=O)N[C@H](C(=O)I)C(C)C. The van der Waals surface area contributed by atoms with Crippen LogP contribution in [0.2, 0.25) is 0 Å². The number of carbonyl (C=O) groups is 2. The molecule has 4 nitrogen and oxygen atoms in total. The molecule has 0 aromatic heterocycles. The Balaban J connectivity index is 4.14. The molecule has 0 saturated heterocycles. The largest absolute Gasteiger partial charge is 0.341 e. The Morgan fingerprint density at radius 1 is 1.33 bits per heavy atom. The lowest BCUT2D eigenvalue weighted by Gasteiger charge is -2.17. The fourth-order valence-electron chi connectivity index (χ4n) is 0.699. The summed E-state index contributed by atoms with van der Waals surface area (Å²) in [6.07, 6.45) is 0. The molecule has 0 spiro atoms. The fraction of sp³-hybridized carbons (Fsp3) is 0.714. The third kappa shape index (κ3) is 3.89. The summed E-state index contributed by atoms with van der Waals surface area (Å²) in [6.45, 7) is 3.77. The van der Waals surface area contributed by atoms with Crippen molar-refractivity contribution in [3.8, 4) is 0 Å². The Kier molecular flexibility index (Phi) is 5.19. The van der Waals surface area contributed by atoms with E-state index < -0.39 is 6.04 Å². The van der Waals surface area contributed by atoms with Crippen molar-refractivity contribution in [3.63, 3.8) is 0 Å². The van der Waals surface area contributed by atoms with Crippen LogP contribution in [-0.4, -0.2) is 22.9 Å². The Bertz CT molecular complexity index is 182. The second kappa shape index (κ2) is 5.34. The van der Waals surface area contributed by atoms with Crippen molar-refractivity contribution in [1.29, 1.82) is 0 Å². The van der Waals surface area contributed by atoms with E-state index in [2.05, 4.69) is 10.6 Å². The maximum Gasteiger partial charge on any atom is 0.315 e. The van der Waals surface area contributed by atoms with E-state index in [1.165, 1.54) is 7.05 Å². The van der Waals surface area contributed by atoms with E-state index >= 15 is 0 Å². The lowest BCUT2D eigenvalue weighted by atomic mass is 10.1. The average molecular weight is 284 g/mol. The zero-order chi connectivity index (χ0) is 9.72. The standard InChI is InChI=1S/C7H13IN2O2/c1-4(2)5(6(8)11)10-7(12)9-3/h4-5H,1-3H3,(H2,9,10,12)/t5-/m0/s1. The molecule has 2 N–H and O–H groups in total. The molecule has 5 heteroatoms. The molecule has 2 amide bonds. The Labute approximate surface area is 85.6 Å². The highest BCUT2D eigenvalue weighted by Gasteiger charge is 2.20. The minimum Gasteiger partial charge on any atom is -0.341 e. The van der Waals surface area contributed by atoms with Gasteiger partial charge in [-0.1, -0.05) is 13.8 Å². The molecular formula is C7H13IN2O2. The molecule has 0 fully saturated rings. The number of carbonyl (C=O) groups excluding carboxylic acids is 2. The number of amides is 2. The molecule has 1 atom stereocenters. The van der Waals surface area contributed by atoms with Crippen molar-refractivity contribution in [1.82, 2.24) is 10.6 Å². The van der Waals surface area contributed by atoms with E-state index in [1.807, 2.05) is 13.8 Å². The van der Waals surface area contributed by atoms with Gasteiger partial charge in [-0.2, -0.15) is 0 Å². The number of halogens is 1. The summed E-state index contributed by atoms with van der Waals surface area (Å²) in [5, 5.41) is 4.96. The molecule has 12 heavy (non-hydrogen) atoms. The molecular weight excluding hydrogens is 271 g/mol. The topological polar surface area (TPSA) is 58.2 Å². The molecule has 0 aromatic rings. The summed E-state index contributed by atoms with van der Waals surface area (Å²) in [7, 11) is 1.52. The zero-order valence-electron chi connectivity index (χ0n) is 7.35. The lowest BCUT2D eigenvalue weighted by Crippen LogP contribution is -2.46. The summed E-state index contributed by atoms with van der Waals surface area (Å²) >= 11 is 1.69. The van der Waals surface area contributed by atoms with E-state index in [0.29, 0.717) is 0 Å². The first-order valence-electron chi connectivity index (χ1n) is 3.66. The van der Waals surface area contributed by atoms with Crippen molar-refractivity contribution in [2.75, 3.05) is 7.05 Å². The van der Waals surface area contributed by atoms with Gasteiger partial charge < -0.3 is 10.6 Å². The number of rotatable bonds is 3. The molecule has 0 unspecified atom stereocenters. The predicted molar refractivity (Wildman–Crippen MR) is 55.2 cm³/mol. The second-order valence-corrected chi connectivity index (χ2v) is 3.81. The van der Waals surface area contributed by atoms with Gasteiger partial charge in [0.15, 0.2) is 0 Å². The van der Waals surface area contributed by atoms with Crippen LogP contribution in [0.25, 0.3) is 0 Å². The Morgan fingerprint density at radius 3 is 2.08 bits per heavy atom. The highest BCUT2D eigenvalue weighted by Crippen LogP contribution is 2.06. The third-order valence-corrected chi connectivity index (χ3v) is 2.10. The minimum atomic E-state index is -0.398. The highest BCUT2D eigenvalue weighted by atomic mass is 127. The van der Waals surface area contributed by atoms with Crippen LogP contribution < -0.4 is 10.6 Å². The molecule has 0 aliphatic heterocycles. The van der Waals surface area contributed by atoms with Crippen molar-refractivity contribution >= 4 is 32.4 Å². The van der Waals surface area contributed by atoms with Crippen LogP contribution in [0.1, 0.15) is 13.8 Å². The van der Waals surface area contributed by atoms with Gasteiger partial charge in [0.2, 0.25) is 3.79 Å². The first-order valence-corrected chi connectivity index (χ1v) is 4.74. The fourth-order valence-corrected chi connectivity index (χ4v) is 1.57. The summed E-state index contributed by atoms with van der Waals surface area (Å²) in [6, 6.07) is -0.718. The van der Waals surface area contributed by atoms with Gasteiger partial charge in [0.25, 0.3) is 0 Å². The van der Waals surface area contributed by atoms with Crippen LogP contribution in [0.4, 0.5) is 4.79 Å². The quantitative estimate of drug-likeness (QED) is 0.597. The van der Waals surface area contributed by atoms with Gasteiger partial charge in [-0.3, -0.25) is 4.79 Å². The normalized spacial score (nSPS) is 12.4. The van der Waals surface area contributed by atoms with Gasteiger partial charge in [0.05, 0.1) is 0 Å². The molecule has 0 aliphatic carbocycles. The van der Waals surface area contributed by atoms with E-state index in [1.54, 1.807) is 22.6 Å². The van der Waals surface area contributed by atoms with E-state index in [-0.39, 0.29) is 15.7 Å². The van der Waals surface area contributed by atoms with Gasteiger partial charge in [-0.05, 0) is 5.92 Å². The van der Waals surface area contributed by atoms with Gasteiger partial charge in [-0.15, -0.1) is 0 Å². The Hall–Kier alpha value is -0.330.